The molecule has 0 unspecified atom stereocenters. The van der Waals surface area contributed by atoms with Gasteiger partial charge in [0.1, 0.15) is 5.75 Å². The lowest BCUT2D eigenvalue weighted by Gasteiger charge is -2.09. The van der Waals surface area contributed by atoms with E-state index in [-0.39, 0.29) is 5.78 Å². The maximum Gasteiger partial charge on any atom is 0.162 e. The highest BCUT2D eigenvalue weighted by molar-refractivity contribution is 14.1. The molecule has 0 spiro atoms. The maximum absolute atomic E-state index is 11.2. The predicted octanol–water partition coefficient (Wildman–Crippen LogP) is 2.47. The van der Waals surface area contributed by atoms with Crippen LogP contribution in [0.5, 0.6) is 5.75 Å². The van der Waals surface area contributed by atoms with Crippen LogP contribution in [0, 0.1) is 3.57 Å². The van der Waals surface area contributed by atoms with Crippen molar-refractivity contribution in [3.8, 4) is 5.75 Å². The van der Waals surface area contributed by atoms with E-state index < -0.39 is 0 Å². The molecule has 1 aromatic carbocycles. The molecule has 0 atom stereocenters. The number of ketones is 1. The van der Waals surface area contributed by atoms with Gasteiger partial charge in [0.15, 0.2) is 5.78 Å². The molecule has 0 bridgehead atoms. The molecule has 0 aliphatic carbocycles. The van der Waals surface area contributed by atoms with Crippen LogP contribution < -0.4 is 10.5 Å². The molecule has 0 amide bonds. The van der Waals surface area contributed by atoms with Gasteiger partial charge in [-0.3, -0.25) is 4.79 Å². The summed E-state index contributed by atoms with van der Waals surface area (Å²) in [5.41, 5.74) is 6.82. The molecular formula is C10H12INO2. The number of benzene rings is 1. The van der Waals surface area contributed by atoms with Crippen LogP contribution in [0.25, 0.3) is 0 Å². The second-order valence-electron chi connectivity index (χ2n) is 2.86. The minimum atomic E-state index is -0.0398. The molecule has 0 fully saturated rings. The minimum absolute atomic E-state index is 0.0398. The molecule has 3 nitrogen and oxygen atoms in total. The van der Waals surface area contributed by atoms with E-state index in [1.807, 2.05) is 13.0 Å². The Balaban J connectivity index is 3.21. The van der Waals surface area contributed by atoms with Gasteiger partial charge in [-0.25, -0.2) is 0 Å². The molecule has 0 saturated heterocycles. The first kappa shape index (κ1) is 11.3. The van der Waals surface area contributed by atoms with Crippen molar-refractivity contribution in [2.24, 2.45) is 0 Å². The number of nitrogens with two attached hydrogens (primary N) is 1. The molecule has 14 heavy (non-hydrogen) atoms. The largest absolute Gasteiger partial charge is 0.494 e. The highest BCUT2D eigenvalue weighted by Crippen LogP contribution is 2.26. The first-order valence-corrected chi connectivity index (χ1v) is 5.37. The molecule has 0 saturated carbocycles. The van der Waals surface area contributed by atoms with E-state index in [1.54, 1.807) is 6.07 Å². The molecule has 2 N–H and O–H groups in total. The summed E-state index contributed by atoms with van der Waals surface area (Å²) in [6, 6.07) is 3.51. The van der Waals surface area contributed by atoms with Gasteiger partial charge < -0.3 is 10.5 Å². The first-order chi connectivity index (χ1) is 6.56. The van der Waals surface area contributed by atoms with Crippen LogP contribution in [-0.4, -0.2) is 12.4 Å². The van der Waals surface area contributed by atoms with Crippen LogP contribution in [-0.2, 0) is 0 Å². The van der Waals surface area contributed by atoms with Crippen LogP contribution in [0.1, 0.15) is 24.2 Å². The highest BCUT2D eigenvalue weighted by atomic mass is 127. The van der Waals surface area contributed by atoms with Gasteiger partial charge in [-0.15, -0.1) is 0 Å². The zero-order chi connectivity index (χ0) is 10.7. The molecule has 0 aliphatic rings. The topological polar surface area (TPSA) is 52.3 Å². The monoisotopic (exact) mass is 305 g/mol. The Kier molecular flexibility index (Phi) is 3.74. The fourth-order valence-corrected chi connectivity index (χ4v) is 1.73. The number of nitrogen functional groups attached to an aromatic ring is 1. The lowest BCUT2D eigenvalue weighted by Crippen LogP contribution is -2.03. The SMILES string of the molecule is CCOc1cc(I)c(N)c(C(C)=O)c1. The molecule has 76 valence electrons. The molecular weight excluding hydrogens is 293 g/mol. The van der Waals surface area contributed by atoms with E-state index in [0.717, 1.165) is 3.57 Å². The summed E-state index contributed by atoms with van der Waals surface area (Å²) in [5, 5.41) is 0. The molecule has 1 rings (SSSR count). The summed E-state index contributed by atoms with van der Waals surface area (Å²) in [4.78, 5) is 11.2. The van der Waals surface area contributed by atoms with Gasteiger partial charge in [-0.2, -0.15) is 0 Å². The average Bonchev–Trinajstić information content (AvgIpc) is 2.11. The number of carbonyl (C=O) groups excluding carboxylic acids is 1. The van der Waals surface area contributed by atoms with Crippen molar-refractivity contribution in [3.05, 3.63) is 21.3 Å². The summed E-state index contributed by atoms with van der Waals surface area (Å²) >= 11 is 2.09. The zero-order valence-corrected chi connectivity index (χ0v) is 10.3. The van der Waals surface area contributed by atoms with Gasteiger partial charge in [-0.1, -0.05) is 0 Å². The van der Waals surface area contributed by atoms with Crippen molar-refractivity contribution >= 4 is 34.1 Å². The van der Waals surface area contributed by atoms with E-state index in [0.29, 0.717) is 23.6 Å². The highest BCUT2D eigenvalue weighted by Gasteiger charge is 2.10. The Bertz CT molecular complexity index is 363. The maximum atomic E-state index is 11.2. The standard InChI is InChI=1S/C10H12INO2/c1-3-14-7-4-8(6(2)13)10(12)9(11)5-7/h4-5H,3,12H2,1-2H3. The second kappa shape index (κ2) is 4.63. The van der Waals surface area contributed by atoms with E-state index in [2.05, 4.69) is 22.6 Å². The number of ether oxygens (including phenoxy) is 1. The number of hydrogen-bond donors (Lipinski definition) is 1. The van der Waals surface area contributed by atoms with Crippen LogP contribution in [0.4, 0.5) is 5.69 Å². The summed E-state index contributed by atoms with van der Waals surface area (Å²) in [6.07, 6.45) is 0. The fourth-order valence-electron chi connectivity index (χ4n) is 1.13. The minimum Gasteiger partial charge on any atom is -0.494 e. The van der Waals surface area contributed by atoms with Crippen molar-refractivity contribution in [3.63, 3.8) is 0 Å². The molecule has 0 aromatic heterocycles. The van der Waals surface area contributed by atoms with Gasteiger partial charge in [-0.05, 0) is 48.6 Å². The molecule has 0 heterocycles. The van der Waals surface area contributed by atoms with Crippen LogP contribution >= 0.6 is 22.6 Å². The van der Waals surface area contributed by atoms with Gasteiger partial charge in [0.05, 0.1) is 12.3 Å². The van der Waals surface area contributed by atoms with E-state index >= 15 is 0 Å². The van der Waals surface area contributed by atoms with Gasteiger partial charge in [0.25, 0.3) is 0 Å². The lowest BCUT2D eigenvalue weighted by atomic mass is 10.1. The third kappa shape index (κ3) is 2.37. The predicted molar refractivity (Wildman–Crippen MR) is 64.7 cm³/mol. The lowest BCUT2D eigenvalue weighted by molar-refractivity contribution is 0.101. The van der Waals surface area contributed by atoms with Crippen molar-refractivity contribution < 1.29 is 9.53 Å². The van der Waals surface area contributed by atoms with Crippen LogP contribution in [0.15, 0.2) is 12.1 Å². The summed E-state index contributed by atoms with van der Waals surface area (Å²) in [6.45, 7) is 3.98. The summed E-state index contributed by atoms with van der Waals surface area (Å²) in [5.74, 6) is 0.651. The number of halogens is 1. The van der Waals surface area contributed by atoms with Gasteiger partial charge in [0, 0.05) is 9.13 Å². The van der Waals surface area contributed by atoms with Gasteiger partial charge >= 0.3 is 0 Å². The summed E-state index contributed by atoms with van der Waals surface area (Å²) < 4.78 is 6.17. The number of anilines is 1. The Morgan fingerprint density at radius 1 is 1.57 bits per heavy atom. The molecule has 4 heteroatoms. The Labute approximate surface area is 96.8 Å². The van der Waals surface area contributed by atoms with Crippen LogP contribution in [0.3, 0.4) is 0 Å². The average molecular weight is 305 g/mol. The zero-order valence-electron chi connectivity index (χ0n) is 8.13. The van der Waals surface area contributed by atoms with Crippen molar-refractivity contribution in [1.82, 2.24) is 0 Å². The number of carbonyl (C=O) groups is 1. The number of hydrogen-bond acceptors (Lipinski definition) is 3. The number of rotatable bonds is 3. The summed E-state index contributed by atoms with van der Waals surface area (Å²) in [7, 11) is 0. The smallest absolute Gasteiger partial charge is 0.162 e. The first-order valence-electron chi connectivity index (χ1n) is 4.29. The van der Waals surface area contributed by atoms with Crippen molar-refractivity contribution in [2.45, 2.75) is 13.8 Å². The van der Waals surface area contributed by atoms with Crippen LogP contribution in [0.2, 0.25) is 0 Å². The molecule has 0 aliphatic heterocycles. The van der Waals surface area contributed by atoms with E-state index in [1.165, 1.54) is 6.92 Å². The second-order valence-corrected chi connectivity index (χ2v) is 4.02. The third-order valence-electron chi connectivity index (χ3n) is 1.79. The van der Waals surface area contributed by atoms with Crippen molar-refractivity contribution in [2.75, 3.05) is 12.3 Å². The van der Waals surface area contributed by atoms with Crippen molar-refractivity contribution in [1.29, 1.82) is 0 Å². The normalized spacial score (nSPS) is 9.93. The van der Waals surface area contributed by atoms with E-state index in [9.17, 15) is 4.79 Å². The Morgan fingerprint density at radius 2 is 2.21 bits per heavy atom. The molecule has 1 aromatic rings. The number of Topliss-reactive ketones (excluding diaryl/α,β-unsaturated/α-hetero) is 1. The van der Waals surface area contributed by atoms with Gasteiger partial charge in [0.2, 0.25) is 0 Å². The quantitative estimate of drug-likeness (QED) is 0.530. The Morgan fingerprint density at radius 3 is 2.71 bits per heavy atom. The third-order valence-corrected chi connectivity index (χ3v) is 2.69. The fraction of sp³-hybridized carbons (Fsp3) is 0.300. The Hall–Kier alpha value is -0.780. The molecule has 0 radical (unpaired) electrons. The van der Waals surface area contributed by atoms with E-state index in [4.69, 9.17) is 10.5 Å².